The molecule has 1 rings (SSSR count). The second-order valence-electron chi connectivity index (χ2n) is 4.65. The second kappa shape index (κ2) is 6.59. The molecular weight excluding hydrogens is 294 g/mol. The number of rotatable bonds is 5. The van der Waals surface area contributed by atoms with Crippen LogP contribution in [0.1, 0.15) is 19.4 Å². The average Bonchev–Trinajstić information content (AvgIpc) is 2.25. The molecule has 0 fully saturated rings. The molecule has 0 aliphatic heterocycles. The molecule has 4 heteroatoms. The van der Waals surface area contributed by atoms with Crippen LogP contribution in [0.3, 0.4) is 0 Å². The van der Waals surface area contributed by atoms with Crippen molar-refractivity contribution in [2.75, 3.05) is 18.5 Å². The van der Waals surface area contributed by atoms with Gasteiger partial charge >= 0.3 is 5.97 Å². The van der Waals surface area contributed by atoms with Crippen LogP contribution in [0.5, 0.6) is 0 Å². The van der Waals surface area contributed by atoms with Crippen molar-refractivity contribution in [3.63, 3.8) is 0 Å². The van der Waals surface area contributed by atoms with E-state index in [-0.39, 0.29) is 0 Å². The third kappa shape index (κ3) is 4.53. The largest absolute Gasteiger partial charge is 0.478 e. The molecule has 1 N–H and O–H groups in total. The van der Waals surface area contributed by atoms with Crippen molar-refractivity contribution in [2.24, 2.45) is 5.92 Å². The van der Waals surface area contributed by atoms with E-state index in [4.69, 9.17) is 5.11 Å². The van der Waals surface area contributed by atoms with Gasteiger partial charge in [0.2, 0.25) is 0 Å². The van der Waals surface area contributed by atoms with Crippen LogP contribution in [0.25, 0.3) is 6.08 Å². The van der Waals surface area contributed by atoms with Gasteiger partial charge in [0, 0.05) is 29.8 Å². The third-order valence-corrected chi connectivity index (χ3v) is 2.94. The average molecular weight is 312 g/mol. The summed E-state index contributed by atoms with van der Waals surface area (Å²) in [5.74, 6) is -0.387. The fourth-order valence-corrected chi connectivity index (χ4v) is 2.19. The topological polar surface area (TPSA) is 40.5 Å². The Morgan fingerprint density at radius 3 is 2.72 bits per heavy atom. The van der Waals surface area contributed by atoms with Gasteiger partial charge in [-0.15, -0.1) is 0 Å². The highest BCUT2D eigenvalue weighted by Crippen LogP contribution is 2.25. The number of anilines is 1. The molecule has 0 aromatic heterocycles. The van der Waals surface area contributed by atoms with Gasteiger partial charge in [0.1, 0.15) is 0 Å². The van der Waals surface area contributed by atoms with Gasteiger partial charge in [-0.3, -0.25) is 0 Å². The predicted octanol–water partition coefficient (Wildman–Crippen LogP) is 3.64. The quantitative estimate of drug-likeness (QED) is 0.844. The molecule has 98 valence electrons. The van der Waals surface area contributed by atoms with Gasteiger partial charge in [0.25, 0.3) is 0 Å². The minimum absolute atomic E-state index is 0.551. The second-order valence-corrected chi connectivity index (χ2v) is 5.56. The van der Waals surface area contributed by atoms with E-state index in [9.17, 15) is 4.79 Å². The number of carboxylic acid groups (broad SMARTS) is 1. The van der Waals surface area contributed by atoms with Crippen molar-refractivity contribution in [2.45, 2.75) is 13.8 Å². The molecule has 0 bridgehead atoms. The number of aliphatic carboxylic acids is 1. The third-order valence-electron chi connectivity index (χ3n) is 2.45. The molecule has 0 unspecified atom stereocenters. The molecule has 0 spiro atoms. The number of carboxylic acids is 1. The van der Waals surface area contributed by atoms with E-state index in [1.54, 1.807) is 6.08 Å². The predicted molar refractivity (Wildman–Crippen MR) is 78.9 cm³/mol. The fourth-order valence-electron chi connectivity index (χ4n) is 1.81. The summed E-state index contributed by atoms with van der Waals surface area (Å²) in [6.45, 7) is 5.24. The maximum atomic E-state index is 10.6. The highest BCUT2D eigenvalue weighted by molar-refractivity contribution is 9.10. The summed E-state index contributed by atoms with van der Waals surface area (Å²) in [6.07, 6.45) is 2.79. The molecule has 1 aromatic carbocycles. The highest BCUT2D eigenvalue weighted by atomic mass is 79.9. The Balaban J connectivity index is 3.06. The lowest BCUT2D eigenvalue weighted by molar-refractivity contribution is -0.131. The molecule has 0 heterocycles. The summed E-state index contributed by atoms with van der Waals surface area (Å²) in [7, 11) is 2.02. The first-order chi connectivity index (χ1) is 8.40. The lowest BCUT2D eigenvalue weighted by Crippen LogP contribution is -2.23. The molecule has 0 saturated carbocycles. The summed E-state index contributed by atoms with van der Waals surface area (Å²) in [5, 5.41) is 8.71. The van der Waals surface area contributed by atoms with Gasteiger partial charge < -0.3 is 10.0 Å². The van der Waals surface area contributed by atoms with Gasteiger partial charge in [-0.25, -0.2) is 4.79 Å². The molecule has 0 atom stereocenters. The monoisotopic (exact) mass is 311 g/mol. The van der Waals surface area contributed by atoms with Crippen molar-refractivity contribution in [3.8, 4) is 0 Å². The zero-order valence-corrected chi connectivity index (χ0v) is 12.4. The molecule has 0 saturated heterocycles. The summed E-state index contributed by atoms with van der Waals surface area (Å²) < 4.78 is 0.939. The molecule has 1 aromatic rings. The van der Waals surface area contributed by atoms with Gasteiger partial charge in [-0.2, -0.15) is 0 Å². The van der Waals surface area contributed by atoms with Crippen LogP contribution in [0, 0.1) is 5.92 Å². The van der Waals surface area contributed by atoms with Crippen LogP contribution >= 0.6 is 15.9 Å². The Morgan fingerprint density at radius 2 is 2.17 bits per heavy atom. The van der Waals surface area contributed by atoms with Crippen molar-refractivity contribution in [3.05, 3.63) is 34.3 Å². The van der Waals surface area contributed by atoms with Crippen LogP contribution in [-0.4, -0.2) is 24.7 Å². The smallest absolute Gasteiger partial charge is 0.328 e. The SMILES string of the molecule is CC(C)CN(C)c1ccc(Br)cc1C=CC(=O)O. The number of halogens is 1. The first-order valence-electron chi connectivity index (χ1n) is 5.82. The number of hydrogen-bond acceptors (Lipinski definition) is 2. The minimum Gasteiger partial charge on any atom is -0.478 e. The van der Waals surface area contributed by atoms with E-state index in [1.807, 2.05) is 25.2 Å². The lowest BCUT2D eigenvalue weighted by Gasteiger charge is -2.23. The Hall–Kier alpha value is -1.29. The number of carbonyl (C=O) groups is 1. The van der Waals surface area contributed by atoms with Crippen LogP contribution in [-0.2, 0) is 4.79 Å². The maximum absolute atomic E-state index is 10.6. The van der Waals surface area contributed by atoms with Crippen LogP contribution in [0.4, 0.5) is 5.69 Å². The van der Waals surface area contributed by atoms with Crippen LogP contribution < -0.4 is 4.90 Å². The van der Waals surface area contributed by atoms with E-state index < -0.39 is 5.97 Å². The fraction of sp³-hybridized carbons (Fsp3) is 0.357. The number of hydrogen-bond donors (Lipinski definition) is 1. The van der Waals surface area contributed by atoms with Gasteiger partial charge in [-0.1, -0.05) is 29.8 Å². The van der Waals surface area contributed by atoms with Gasteiger partial charge in [0.05, 0.1) is 0 Å². The summed E-state index contributed by atoms with van der Waals surface area (Å²) in [5.41, 5.74) is 1.93. The Morgan fingerprint density at radius 1 is 1.50 bits per heavy atom. The van der Waals surface area contributed by atoms with Gasteiger partial charge in [0.15, 0.2) is 0 Å². The Labute approximate surface area is 116 Å². The highest BCUT2D eigenvalue weighted by Gasteiger charge is 2.08. The molecule has 0 radical (unpaired) electrons. The molecule has 0 aliphatic carbocycles. The lowest BCUT2D eigenvalue weighted by atomic mass is 10.1. The molecule has 0 amide bonds. The first-order valence-corrected chi connectivity index (χ1v) is 6.61. The van der Waals surface area contributed by atoms with Crippen molar-refractivity contribution in [1.29, 1.82) is 0 Å². The Bertz CT molecular complexity index is 455. The van der Waals surface area contributed by atoms with Crippen molar-refractivity contribution in [1.82, 2.24) is 0 Å². The van der Waals surface area contributed by atoms with Crippen molar-refractivity contribution >= 4 is 33.7 Å². The Kier molecular flexibility index (Phi) is 5.41. The summed E-state index contributed by atoms with van der Waals surface area (Å²) >= 11 is 3.40. The zero-order chi connectivity index (χ0) is 13.7. The van der Waals surface area contributed by atoms with Gasteiger partial charge in [-0.05, 0) is 35.8 Å². The zero-order valence-electron chi connectivity index (χ0n) is 10.9. The van der Waals surface area contributed by atoms with E-state index >= 15 is 0 Å². The molecule has 0 aliphatic rings. The first kappa shape index (κ1) is 14.8. The molecule has 18 heavy (non-hydrogen) atoms. The summed E-state index contributed by atoms with van der Waals surface area (Å²) in [6, 6.07) is 5.88. The van der Waals surface area contributed by atoms with E-state index in [2.05, 4.69) is 34.7 Å². The minimum atomic E-state index is -0.938. The molecular formula is C14H18BrNO2. The maximum Gasteiger partial charge on any atom is 0.328 e. The number of benzene rings is 1. The number of nitrogens with zero attached hydrogens (tertiary/aromatic N) is 1. The van der Waals surface area contributed by atoms with Crippen LogP contribution in [0.15, 0.2) is 28.7 Å². The van der Waals surface area contributed by atoms with Crippen LogP contribution in [0.2, 0.25) is 0 Å². The summed E-state index contributed by atoms with van der Waals surface area (Å²) in [4.78, 5) is 12.7. The van der Waals surface area contributed by atoms with E-state index in [1.165, 1.54) is 0 Å². The molecule has 3 nitrogen and oxygen atoms in total. The van der Waals surface area contributed by atoms with Crippen molar-refractivity contribution < 1.29 is 9.90 Å². The van der Waals surface area contributed by atoms with E-state index in [0.717, 1.165) is 28.3 Å². The normalized spacial score (nSPS) is 11.2. The standard InChI is InChI=1S/C14H18BrNO2/c1-10(2)9-16(3)13-6-5-12(15)8-11(13)4-7-14(17)18/h4-8,10H,9H2,1-3H3,(H,17,18). The van der Waals surface area contributed by atoms with E-state index in [0.29, 0.717) is 5.92 Å².